The molecule has 0 aliphatic heterocycles. The monoisotopic (exact) mass is 406 g/mol. The second kappa shape index (κ2) is 9.28. The number of hydrogen-bond donors (Lipinski definition) is 1. The molecule has 0 aromatic heterocycles. The van der Waals surface area contributed by atoms with Crippen LogP contribution in [0.2, 0.25) is 0 Å². The van der Waals surface area contributed by atoms with Crippen LogP contribution in [0, 0.1) is 20.2 Å². The van der Waals surface area contributed by atoms with Gasteiger partial charge in [-0.1, -0.05) is 42.5 Å². The SMILES string of the molecule is COc1ccc(CC(=NNc2ccc([N+](=O)[O-])cc2[N+](=O)[O-])c2ccccc2)cc1. The molecule has 0 radical (unpaired) electrons. The Morgan fingerprint density at radius 1 is 0.967 bits per heavy atom. The second-order valence-electron chi connectivity index (χ2n) is 6.28. The Hall–Kier alpha value is -4.27. The Labute approximate surface area is 171 Å². The topological polar surface area (TPSA) is 120 Å². The molecule has 0 bridgehead atoms. The number of non-ortho nitro benzene ring substituents is 1. The lowest BCUT2D eigenvalue weighted by atomic mass is 10.0. The molecule has 1 N–H and O–H groups in total. The van der Waals surface area contributed by atoms with Crippen LogP contribution < -0.4 is 10.2 Å². The molecule has 0 spiro atoms. The average Bonchev–Trinajstić information content (AvgIpc) is 2.77. The summed E-state index contributed by atoms with van der Waals surface area (Å²) in [6, 6.07) is 20.2. The van der Waals surface area contributed by atoms with Gasteiger partial charge in [0.1, 0.15) is 11.4 Å². The van der Waals surface area contributed by atoms with Gasteiger partial charge in [-0.3, -0.25) is 25.7 Å². The van der Waals surface area contributed by atoms with Gasteiger partial charge in [0.25, 0.3) is 5.69 Å². The summed E-state index contributed by atoms with van der Waals surface area (Å²) < 4.78 is 5.17. The summed E-state index contributed by atoms with van der Waals surface area (Å²) in [4.78, 5) is 20.9. The number of nitro groups is 2. The van der Waals surface area contributed by atoms with Gasteiger partial charge in [-0.15, -0.1) is 0 Å². The molecule has 0 atom stereocenters. The Morgan fingerprint density at radius 3 is 2.27 bits per heavy atom. The number of ether oxygens (including phenoxy) is 1. The van der Waals surface area contributed by atoms with Crippen molar-refractivity contribution in [1.82, 2.24) is 0 Å². The lowest BCUT2D eigenvalue weighted by molar-refractivity contribution is -0.393. The van der Waals surface area contributed by atoms with Gasteiger partial charge in [0.05, 0.1) is 28.7 Å². The largest absolute Gasteiger partial charge is 0.497 e. The maximum absolute atomic E-state index is 11.3. The van der Waals surface area contributed by atoms with Gasteiger partial charge in [-0.25, -0.2) is 0 Å². The van der Waals surface area contributed by atoms with E-state index < -0.39 is 15.5 Å². The fraction of sp³-hybridized carbons (Fsp3) is 0.0952. The smallest absolute Gasteiger partial charge is 0.301 e. The highest BCUT2D eigenvalue weighted by Gasteiger charge is 2.19. The van der Waals surface area contributed by atoms with Crippen molar-refractivity contribution in [1.29, 1.82) is 0 Å². The zero-order valence-electron chi connectivity index (χ0n) is 16.0. The number of nitrogens with zero attached hydrogens (tertiary/aromatic N) is 3. The van der Waals surface area contributed by atoms with Crippen molar-refractivity contribution in [2.24, 2.45) is 5.10 Å². The van der Waals surface area contributed by atoms with Crippen molar-refractivity contribution < 1.29 is 14.6 Å². The van der Waals surface area contributed by atoms with Crippen molar-refractivity contribution in [3.05, 3.63) is 104 Å². The van der Waals surface area contributed by atoms with Crippen LogP contribution in [0.5, 0.6) is 5.75 Å². The molecule has 9 nitrogen and oxygen atoms in total. The molecule has 0 aliphatic rings. The summed E-state index contributed by atoms with van der Waals surface area (Å²) in [5.41, 5.74) is 4.43. The first kappa shape index (κ1) is 20.5. The summed E-state index contributed by atoms with van der Waals surface area (Å²) >= 11 is 0. The molecular formula is C21H18N4O5. The number of rotatable bonds is 8. The van der Waals surface area contributed by atoms with E-state index >= 15 is 0 Å². The Kier molecular flexibility index (Phi) is 6.33. The number of hydrogen-bond acceptors (Lipinski definition) is 7. The molecule has 0 aliphatic carbocycles. The summed E-state index contributed by atoms with van der Waals surface area (Å²) in [7, 11) is 1.59. The summed E-state index contributed by atoms with van der Waals surface area (Å²) in [6.45, 7) is 0. The third kappa shape index (κ3) is 4.96. The lowest BCUT2D eigenvalue weighted by Gasteiger charge is -2.09. The van der Waals surface area contributed by atoms with Gasteiger partial charge >= 0.3 is 5.69 Å². The van der Waals surface area contributed by atoms with E-state index in [0.29, 0.717) is 12.1 Å². The molecule has 152 valence electrons. The third-order valence-electron chi connectivity index (χ3n) is 4.34. The van der Waals surface area contributed by atoms with E-state index in [-0.39, 0.29) is 11.4 Å². The van der Waals surface area contributed by atoms with Crippen LogP contribution >= 0.6 is 0 Å². The van der Waals surface area contributed by atoms with Gasteiger partial charge in [-0.05, 0) is 29.3 Å². The predicted octanol–water partition coefficient (Wildman–Crippen LogP) is 4.57. The van der Waals surface area contributed by atoms with Gasteiger partial charge in [-0.2, -0.15) is 5.10 Å². The van der Waals surface area contributed by atoms with Gasteiger partial charge in [0.2, 0.25) is 0 Å². The fourth-order valence-corrected chi connectivity index (χ4v) is 2.78. The van der Waals surface area contributed by atoms with Crippen molar-refractivity contribution in [3.63, 3.8) is 0 Å². The van der Waals surface area contributed by atoms with E-state index in [9.17, 15) is 20.2 Å². The van der Waals surface area contributed by atoms with E-state index in [1.165, 1.54) is 12.1 Å². The zero-order chi connectivity index (χ0) is 21.5. The molecule has 0 saturated heterocycles. The molecule has 3 rings (SSSR count). The van der Waals surface area contributed by atoms with Crippen molar-refractivity contribution in [3.8, 4) is 5.75 Å². The molecule has 0 saturated carbocycles. The number of methoxy groups -OCH3 is 1. The average molecular weight is 406 g/mol. The number of anilines is 1. The first-order valence-corrected chi connectivity index (χ1v) is 8.91. The molecule has 0 amide bonds. The van der Waals surface area contributed by atoms with Crippen molar-refractivity contribution in [2.75, 3.05) is 12.5 Å². The normalized spacial score (nSPS) is 11.0. The van der Waals surface area contributed by atoms with Crippen molar-refractivity contribution in [2.45, 2.75) is 6.42 Å². The molecule has 0 fully saturated rings. The quantitative estimate of drug-likeness (QED) is 0.332. The van der Waals surface area contributed by atoms with Crippen LogP contribution in [0.3, 0.4) is 0 Å². The highest BCUT2D eigenvalue weighted by atomic mass is 16.6. The highest BCUT2D eigenvalue weighted by molar-refractivity contribution is 6.02. The number of benzene rings is 3. The lowest BCUT2D eigenvalue weighted by Crippen LogP contribution is -2.09. The molecule has 0 heterocycles. The van der Waals surface area contributed by atoms with Crippen LogP contribution in [0.15, 0.2) is 77.9 Å². The second-order valence-corrected chi connectivity index (χ2v) is 6.28. The fourth-order valence-electron chi connectivity index (χ4n) is 2.78. The van der Waals surface area contributed by atoms with E-state index in [2.05, 4.69) is 10.5 Å². The minimum absolute atomic E-state index is 0.0637. The summed E-state index contributed by atoms with van der Waals surface area (Å²) in [5, 5.41) is 26.6. The molecule has 0 unspecified atom stereocenters. The molecule has 30 heavy (non-hydrogen) atoms. The van der Waals surface area contributed by atoms with E-state index in [0.717, 1.165) is 22.9 Å². The molecular weight excluding hydrogens is 388 g/mol. The van der Waals surface area contributed by atoms with Crippen LogP contribution in [-0.4, -0.2) is 22.7 Å². The van der Waals surface area contributed by atoms with Crippen LogP contribution in [0.25, 0.3) is 0 Å². The van der Waals surface area contributed by atoms with Gasteiger partial charge < -0.3 is 4.74 Å². The first-order chi connectivity index (χ1) is 14.5. The Morgan fingerprint density at radius 2 is 1.67 bits per heavy atom. The third-order valence-corrected chi connectivity index (χ3v) is 4.34. The van der Waals surface area contributed by atoms with E-state index in [1.54, 1.807) is 7.11 Å². The Balaban J connectivity index is 1.94. The van der Waals surface area contributed by atoms with E-state index in [4.69, 9.17) is 4.74 Å². The summed E-state index contributed by atoms with van der Waals surface area (Å²) in [5.74, 6) is 0.733. The Bertz CT molecular complexity index is 1080. The maximum Gasteiger partial charge on any atom is 0.301 e. The zero-order valence-corrected chi connectivity index (χ0v) is 16.0. The van der Waals surface area contributed by atoms with E-state index in [1.807, 2.05) is 54.6 Å². The minimum Gasteiger partial charge on any atom is -0.497 e. The standard InChI is InChI=1S/C21H18N4O5/c1-30-18-10-7-15(8-11-18)13-20(16-5-3-2-4-6-16)23-22-19-12-9-17(24(26)27)14-21(19)25(28)29/h2-12,14,22H,13H2,1H3. The first-order valence-electron chi connectivity index (χ1n) is 8.91. The minimum atomic E-state index is -0.684. The summed E-state index contributed by atoms with van der Waals surface area (Å²) in [6.07, 6.45) is 0.460. The number of hydrazone groups is 1. The molecule has 9 heteroatoms. The van der Waals surface area contributed by atoms with Crippen LogP contribution in [0.4, 0.5) is 17.1 Å². The van der Waals surface area contributed by atoms with Crippen LogP contribution in [-0.2, 0) is 6.42 Å². The number of nitrogens with one attached hydrogen (secondary N) is 1. The van der Waals surface area contributed by atoms with Crippen molar-refractivity contribution >= 4 is 22.8 Å². The van der Waals surface area contributed by atoms with Gasteiger partial charge in [0, 0.05) is 12.5 Å². The molecule has 3 aromatic carbocycles. The van der Waals surface area contributed by atoms with Crippen LogP contribution in [0.1, 0.15) is 11.1 Å². The predicted molar refractivity (Wildman–Crippen MR) is 113 cm³/mol. The molecule has 3 aromatic rings. The highest BCUT2D eigenvalue weighted by Crippen LogP contribution is 2.29. The number of nitro benzene ring substituents is 2. The van der Waals surface area contributed by atoms with Gasteiger partial charge in [0.15, 0.2) is 0 Å². The maximum atomic E-state index is 11.3.